The van der Waals surface area contributed by atoms with Crippen LogP contribution in [-0.2, 0) is 4.79 Å². The van der Waals surface area contributed by atoms with Crippen LogP contribution in [0.15, 0.2) is 79.1 Å². The number of benzene rings is 3. The minimum atomic E-state index is -0.968. The van der Waals surface area contributed by atoms with Crippen molar-refractivity contribution in [2.24, 2.45) is 5.92 Å². The molecule has 1 atom stereocenters. The Hall–Kier alpha value is -5.66. The SMILES string of the molecule is Cc1c(-c2ccc3cnc(Nc4ccc(N5CCN(CC6CCN(c7ccc(N8CCC(=O)NC8O)cc7)CC6)CC5)cc4)nc3c2)cnc2c1NCCO2. The van der Waals surface area contributed by atoms with Crippen molar-refractivity contribution in [2.75, 3.05) is 90.8 Å². The zero-order chi connectivity index (χ0) is 37.3. The van der Waals surface area contributed by atoms with E-state index in [1.165, 1.54) is 24.2 Å². The fourth-order valence-electron chi connectivity index (χ4n) is 8.34. The van der Waals surface area contributed by atoms with Gasteiger partial charge in [0.2, 0.25) is 24.1 Å². The molecule has 3 fully saturated rings. The maximum Gasteiger partial charge on any atom is 0.237 e. The summed E-state index contributed by atoms with van der Waals surface area (Å²) in [5, 5.41) is 20.7. The number of carbonyl (C=O) groups excluding carboxylic acids is 1. The van der Waals surface area contributed by atoms with E-state index in [1.807, 2.05) is 29.4 Å². The van der Waals surface area contributed by atoms with Crippen LogP contribution in [0.5, 0.6) is 5.88 Å². The Morgan fingerprint density at radius 1 is 0.855 bits per heavy atom. The van der Waals surface area contributed by atoms with Crippen molar-refractivity contribution >= 4 is 51.2 Å². The lowest BCUT2D eigenvalue weighted by atomic mass is 9.95. The standard InChI is InChI=1S/C42H48N10O3/c1-28-36(26-44-40-39(28)43-15-23-55-40)30-2-3-31-25-45-41(47-37(31)24-30)46-32-4-6-33(7-5-32)51-21-19-49(20-22-51)27-29-12-16-50(17-13-29)34-8-10-35(11-9-34)52-18-14-38(53)48-42(52)54/h2-11,24-26,29,42-43,54H,12-23,27H2,1H3,(H,48,53)(H,45,46,47). The van der Waals surface area contributed by atoms with Crippen LogP contribution in [0.4, 0.5) is 34.4 Å². The molecule has 0 spiro atoms. The fraction of sp³-hybridized carbons (Fsp3) is 0.381. The molecule has 284 valence electrons. The predicted octanol–water partition coefficient (Wildman–Crippen LogP) is 5.19. The molecule has 4 aliphatic heterocycles. The van der Waals surface area contributed by atoms with Crippen LogP contribution in [0.2, 0.25) is 0 Å². The maximum absolute atomic E-state index is 11.6. The number of aliphatic hydroxyl groups excluding tert-OH is 1. The molecule has 2 aromatic heterocycles. The largest absolute Gasteiger partial charge is 0.474 e. The summed E-state index contributed by atoms with van der Waals surface area (Å²) in [7, 11) is 0. The second kappa shape index (κ2) is 15.2. The van der Waals surface area contributed by atoms with Gasteiger partial charge in [0.05, 0.1) is 5.52 Å². The molecule has 9 rings (SSSR count). The number of carbonyl (C=O) groups is 1. The van der Waals surface area contributed by atoms with Gasteiger partial charge in [0.15, 0.2) is 0 Å². The van der Waals surface area contributed by atoms with E-state index in [9.17, 15) is 9.90 Å². The number of aromatic nitrogens is 3. The van der Waals surface area contributed by atoms with Gasteiger partial charge in [-0.1, -0.05) is 12.1 Å². The third-order valence-electron chi connectivity index (χ3n) is 11.5. The van der Waals surface area contributed by atoms with E-state index in [0.717, 1.165) is 97.0 Å². The number of rotatable bonds is 8. The number of piperidine rings is 1. The monoisotopic (exact) mass is 740 g/mol. The van der Waals surface area contributed by atoms with Crippen LogP contribution in [0.3, 0.4) is 0 Å². The molecule has 4 aliphatic rings. The highest BCUT2D eigenvalue weighted by Gasteiger charge is 2.27. The van der Waals surface area contributed by atoms with Gasteiger partial charge in [0, 0.05) is 111 Å². The molecule has 6 heterocycles. The molecule has 0 radical (unpaired) electrons. The Morgan fingerprint density at radius 2 is 1.58 bits per heavy atom. The lowest BCUT2D eigenvalue weighted by Gasteiger charge is -2.40. The summed E-state index contributed by atoms with van der Waals surface area (Å²) in [6, 6.07) is 23.2. The van der Waals surface area contributed by atoms with Gasteiger partial charge in [-0.2, -0.15) is 0 Å². The summed E-state index contributed by atoms with van der Waals surface area (Å²) < 4.78 is 5.72. The number of amides is 1. The summed E-state index contributed by atoms with van der Waals surface area (Å²) in [6.07, 6.45) is 5.55. The molecule has 55 heavy (non-hydrogen) atoms. The van der Waals surface area contributed by atoms with E-state index in [2.05, 4.69) is 102 Å². The number of piperazine rings is 1. The number of anilines is 6. The highest BCUT2D eigenvalue weighted by Crippen LogP contribution is 2.36. The molecule has 13 heteroatoms. The summed E-state index contributed by atoms with van der Waals surface area (Å²) in [6.45, 7) is 11.5. The first-order valence-electron chi connectivity index (χ1n) is 19.5. The van der Waals surface area contributed by atoms with E-state index < -0.39 is 6.35 Å². The maximum atomic E-state index is 11.6. The molecule has 0 aliphatic carbocycles. The average molecular weight is 741 g/mol. The minimum Gasteiger partial charge on any atom is -0.474 e. The highest BCUT2D eigenvalue weighted by molar-refractivity contribution is 5.86. The van der Waals surface area contributed by atoms with E-state index in [0.29, 0.717) is 37.3 Å². The molecule has 3 saturated heterocycles. The van der Waals surface area contributed by atoms with Gasteiger partial charge in [-0.15, -0.1) is 0 Å². The van der Waals surface area contributed by atoms with Gasteiger partial charge in [0.25, 0.3) is 0 Å². The van der Waals surface area contributed by atoms with E-state index >= 15 is 0 Å². The molecule has 1 amide bonds. The molecule has 1 unspecified atom stereocenters. The smallest absolute Gasteiger partial charge is 0.237 e. The van der Waals surface area contributed by atoms with Gasteiger partial charge < -0.3 is 40.5 Å². The van der Waals surface area contributed by atoms with Crippen LogP contribution in [-0.4, -0.2) is 103 Å². The third-order valence-corrected chi connectivity index (χ3v) is 11.5. The molecular formula is C42H48N10O3. The third kappa shape index (κ3) is 7.54. The molecule has 0 bridgehead atoms. The van der Waals surface area contributed by atoms with Crippen molar-refractivity contribution in [1.82, 2.24) is 25.2 Å². The van der Waals surface area contributed by atoms with Gasteiger partial charge >= 0.3 is 0 Å². The summed E-state index contributed by atoms with van der Waals surface area (Å²) in [4.78, 5) is 35.0. The van der Waals surface area contributed by atoms with Gasteiger partial charge in [-0.25, -0.2) is 15.0 Å². The Bertz CT molecular complexity index is 2150. The van der Waals surface area contributed by atoms with Crippen molar-refractivity contribution in [3.8, 4) is 17.0 Å². The number of hydrogen-bond acceptors (Lipinski definition) is 12. The molecule has 13 nitrogen and oxygen atoms in total. The molecule has 4 N–H and O–H groups in total. The number of nitrogens with one attached hydrogen (secondary N) is 3. The first-order chi connectivity index (χ1) is 26.9. The summed E-state index contributed by atoms with van der Waals surface area (Å²) in [5.41, 5.74) is 9.39. The van der Waals surface area contributed by atoms with Crippen molar-refractivity contribution in [3.05, 3.63) is 84.7 Å². The Labute approximate surface area is 321 Å². The fourth-order valence-corrected chi connectivity index (χ4v) is 8.34. The summed E-state index contributed by atoms with van der Waals surface area (Å²) in [5.74, 6) is 1.82. The van der Waals surface area contributed by atoms with Gasteiger partial charge in [-0.05, 0) is 91.4 Å². The minimum absolute atomic E-state index is 0.113. The normalized spacial score (nSPS) is 19.4. The predicted molar refractivity (Wildman–Crippen MR) is 217 cm³/mol. The van der Waals surface area contributed by atoms with Gasteiger partial charge in [0.1, 0.15) is 12.3 Å². The first kappa shape index (κ1) is 35.1. The van der Waals surface area contributed by atoms with E-state index in [4.69, 9.17) is 9.72 Å². The number of hydrogen-bond donors (Lipinski definition) is 4. The lowest BCUT2D eigenvalue weighted by molar-refractivity contribution is -0.125. The second-order valence-electron chi connectivity index (χ2n) is 15.0. The zero-order valence-electron chi connectivity index (χ0n) is 31.2. The number of ether oxygens (including phenoxy) is 1. The van der Waals surface area contributed by atoms with Crippen LogP contribution in [0.1, 0.15) is 24.8 Å². The Kier molecular flexibility index (Phi) is 9.71. The summed E-state index contributed by atoms with van der Waals surface area (Å²) >= 11 is 0. The quantitative estimate of drug-likeness (QED) is 0.167. The van der Waals surface area contributed by atoms with E-state index in [-0.39, 0.29) is 5.91 Å². The molecule has 3 aromatic carbocycles. The van der Waals surface area contributed by atoms with Crippen molar-refractivity contribution < 1.29 is 14.6 Å². The molecular weight excluding hydrogens is 693 g/mol. The van der Waals surface area contributed by atoms with Crippen LogP contribution in [0, 0.1) is 12.8 Å². The lowest BCUT2D eigenvalue weighted by Crippen LogP contribution is -2.54. The average Bonchev–Trinajstić information content (AvgIpc) is 3.22. The topological polar surface area (TPSA) is 134 Å². The second-order valence-corrected chi connectivity index (χ2v) is 15.0. The van der Waals surface area contributed by atoms with Crippen LogP contribution < -0.4 is 35.4 Å². The zero-order valence-corrected chi connectivity index (χ0v) is 31.2. The van der Waals surface area contributed by atoms with Crippen molar-refractivity contribution in [1.29, 1.82) is 0 Å². The number of nitrogens with zero attached hydrogens (tertiary/aromatic N) is 7. The van der Waals surface area contributed by atoms with Gasteiger partial charge in [-0.3, -0.25) is 9.69 Å². The number of fused-ring (bicyclic) bond motifs is 2. The molecule has 0 saturated carbocycles. The highest BCUT2D eigenvalue weighted by atomic mass is 16.5. The van der Waals surface area contributed by atoms with Crippen molar-refractivity contribution in [2.45, 2.75) is 32.5 Å². The number of aliphatic hydroxyl groups is 1. The Morgan fingerprint density at radius 3 is 2.35 bits per heavy atom. The van der Waals surface area contributed by atoms with Crippen LogP contribution >= 0.6 is 0 Å². The van der Waals surface area contributed by atoms with Crippen LogP contribution in [0.25, 0.3) is 22.0 Å². The molecule has 5 aromatic rings. The Balaban J connectivity index is 0.749. The first-order valence-corrected chi connectivity index (χ1v) is 19.5. The number of pyridine rings is 1. The van der Waals surface area contributed by atoms with E-state index in [1.54, 1.807) is 0 Å². The van der Waals surface area contributed by atoms with Crippen molar-refractivity contribution in [3.63, 3.8) is 0 Å².